The predicted octanol–water partition coefficient (Wildman–Crippen LogP) is 3.11. The van der Waals surface area contributed by atoms with Gasteiger partial charge in [-0.05, 0) is 53.4 Å². The van der Waals surface area contributed by atoms with Gasteiger partial charge < -0.3 is 4.90 Å². The van der Waals surface area contributed by atoms with Crippen LogP contribution in [-0.4, -0.2) is 23.4 Å². The summed E-state index contributed by atoms with van der Waals surface area (Å²) < 4.78 is 13.7. The minimum absolute atomic E-state index is 0.275. The van der Waals surface area contributed by atoms with Crippen LogP contribution in [0.5, 0.6) is 0 Å². The summed E-state index contributed by atoms with van der Waals surface area (Å²) >= 11 is 3.24. The SMILES string of the molecule is N#CC1CCCCN1C(=O)c1cc(F)ccc1Br. The number of nitrogens with zero attached hydrogens (tertiary/aromatic N) is 2. The first kappa shape index (κ1) is 13.0. The molecule has 5 heteroatoms. The molecule has 0 aliphatic carbocycles. The normalized spacial score (nSPS) is 19.4. The van der Waals surface area contributed by atoms with Crippen LogP contribution in [0.3, 0.4) is 0 Å². The van der Waals surface area contributed by atoms with Crippen LogP contribution in [0, 0.1) is 17.1 Å². The third-order valence-electron chi connectivity index (χ3n) is 3.07. The Hall–Kier alpha value is -1.41. The number of carbonyl (C=O) groups is 1. The van der Waals surface area contributed by atoms with E-state index in [4.69, 9.17) is 5.26 Å². The molecule has 18 heavy (non-hydrogen) atoms. The molecular weight excluding hydrogens is 299 g/mol. The minimum Gasteiger partial charge on any atom is -0.323 e. The van der Waals surface area contributed by atoms with Gasteiger partial charge in [0, 0.05) is 11.0 Å². The first-order chi connectivity index (χ1) is 8.63. The van der Waals surface area contributed by atoms with E-state index in [-0.39, 0.29) is 11.5 Å². The largest absolute Gasteiger partial charge is 0.323 e. The van der Waals surface area contributed by atoms with E-state index in [0.717, 1.165) is 12.8 Å². The summed E-state index contributed by atoms with van der Waals surface area (Å²) in [5, 5.41) is 9.05. The maximum atomic E-state index is 13.2. The molecule has 1 aromatic carbocycles. The van der Waals surface area contributed by atoms with Crippen molar-refractivity contribution in [1.82, 2.24) is 4.90 Å². The second-order valence-electron chi connectivity index (χ2n) is 4.26. The minimum atomic E-state index is -0.452. The first-order valence-electron chi connectivity index (χ1n) is 5.79. The number of piperidine rings is 1. The van der Waals surface area contributed by atoms with Crippen LogP contribution in [-0.2, 0) is 0 Å². The van der Waals surface area contributed by atoms with Gasteiger partial charge in [-0.2, -0.15) is 5.26 Å². The van der Waals surface area contributed by atoms with Gasteiger partial charge in [0.15, 0.2) is 0 Å². The Morgan fingerprint density at radius 3 is 3.00 bits per heavy atom. The molecule has 1 aliphatic rings. The van der Waals surface area contributed by atoms with Crippen molar-refractivity contribution in [3.8, 4) is 6.07 Å². The van der Waals surface area contributed by atoms with Gasteiger partial charge in [-0.3, -0.25) is 4.79 Å². The summed E-state index contributed by atoms with van der Waals surface area (Å²) in [4.78, 5) is 13.9. The number of halogens is 2. The molecule has 1 atom stereocenters. The highest BCUT2D eigenvalue weighted by Crippen LogP contribution is 2.24. The van der Waals surface area contributed by atoms with Crippen LogP contribution in [0.2, 0.25) is 0 Å². The zero-order chi connectivity index (χ0) is 13.1. The highest BCUT2D eigenvalue weighted by Gasteiger charge is 2.28. The number of hydrogen-bond acceptors (Lipinski definition) is 2. The lowest BCUT2D eigenvalue weighted by atomic mass is 10.0. The quantitative estimate of drug-likeness (QED) is 0.800. The van der Waals surface area contributed by atoms with E-state index in [0.29, 0.717) is 17.4 Å². The Morgan fingerprint density at radius 2 is 2.28 bits per heavy atom. The van der Waals surface area contributed by atoms with Gasteiger partial charge in [0.05, 0.1) is 11.6 Å². The molecule has 1 saturated heterocycles. The second-order valence-corrected chi connectivity index (χ2v) is 5.12. The van der Waals surface area contributed by atoms with Gasteiger partial charge in [0.25, 0.3) is 5.91 Å². The van der Waals surface area contributed by atoms with Crippen molar-refractivity contribution in [3.63, 3.8) is 0 Å². The van der Waals surface area contributed by atoms with Gasteiger partial charge in [0.1, 0.15) is 11.9 Å². The standard InChI is InChI=1S/C13H12BrFN2O/c14-12-5-4-9(15)7-11(12)13(18)17-6-2-1-3-10(17)8-16/h4-5,7,10H,1-3,6H2. The van der Waals surface area contributed by atoms with E-state index in [9.17, 15) is 9.18 Å². The average Bonchev–Trinajstić information content (AvgIpc) is 2.40. The molecule has 0 aromatic heterocycles. The fourth-order valence-corrected chi connectivity index (χ4v) is 2.54. The van der Waals surface area contributed by atoms with E-state index in [2.05, 4.69) is 22.0 Å². The van der Waals surface area contributed by atoms with E-state index in [1.54, 1.807) is 0 Å². The summed E-state index contributed by atoms with van der Waals surface area (Å²) in [7, 11) is 0. The fourth-order valence-electron chi connectivity index (χ4n) is 2.12. The molecule has 3 nitrogen and oxygen atoms in total. The lowest BCUT2D eigenvalue weighted by molar-refractivity contribution is 0.0669. The van der Waals surface area contributed by atoms with Crippen molar-refractivity contribution < 1.29 is 9.18 Å². The average molecular weight is 311 g/mol. The predicted molar refractivity (Wildman–Crippen MR) is 68.4 cm³/mol. The molecule has 0 bridgehead atoms. The maximum absolute atomic E-state index is 13.2. The Morgan fingerprint density at radius 1 is 1.50 bits per heavy atom. The molecule has 0 N–H and O–H groups in total. The van der Waals surface area contributed by atoms with Gasteiger partial charge in [-0.15, -0.1) is 0 Å². The number of hydrogen-bond donors (Lipinski definition) is 0. The smallest absolute Gasteiger partial charge is 0.256 e. The van der Waals surface area contributed by atoms with Crippen LogP contribution in [0.1, 0.15) is 29.6 Å². The van der Waals surface area contributed by atoms with Crippen LogP contribution in [0.15, 0.2) is 22.7 Å². The molecule has 1 amide bonds. The Balaban J connectivity index is 2.30. The second kappa shape index (κ2) is 5.49. The highest BCUT2D eigenvalue weighted by atomic mass is 79.9. The first-order valence-corrected chi connectivity index (χ1v) is 6.58. The van der Waals surface area contributed by atoms with E-state index < -0.39 is 11.9 Å². The van der Waals surface area contributed by atoms with Gasteiger partial charge in [0.2, 0.25) is 0 Å². The highest BCUT2D eigenvalue weighted by molar-refractivity contribution is 9.10. The van der Waals surface area contributed by atoms with Crippen LogP contribution >= 0.6 is 15.9 Å². The van der Waals surface area contributed by atoms with Crippen molar-refractivity contribution >= 4 is 21.8 Å². The summed E-state index contributed by atoms with van der Waals surface area (Å²) in [6, 6.07) is 5.74. The molecule has 0 spiro atoms. The number of amides is 1. The molecule has 94 valence electrons. The molecular formula is C13H12BrFN2O. The van der Waals surface area contributed by atoms with Crippen molar-refractivity contribution in [1.29, 1.82) is 5.26 Å². The van der Waals surface area contributed by atoms with E-state index >= 15 is 0 Å². The van der Waals surface area contributed by atoms with Crippen molar-refractivity contribution in [3.05, 3.63) is 34.1 Å². The molecule has 1 unspecified atom stereocenters. The topological polar surface area (TPSA) is 44.1 Å². The van der Waals surface area contributed by atoms with E-state index in [1.165, 1.54) is 23.1 Å². The molecule has 0 radical (unpaired) electrons. The van der Waals surface area contributed by atoms with Crippen molar-refractivity contribution in [2.45, 2.75) is 25.3 Å². The number of benzene rings is 1. The molecule has 1 aromatic rings. The summed E-state index contributed by atoms with van der Waals surface area (Å²) in [5.74, 6) is -0.736. The van der Waals surface area contributed by atoms with E-state index in [1.807, 2.05) is 0 Å². The Labute approximate surface area is 113 Å². The molecule has 1 fully saturated rings. The number of carbonyl (C=O) groups excluding carboxylic acids is 1. The van der Waals surface area contributed by atoms with Gasteiger partial charge >= 0.3 is 0 Å². The Bertz CT molecular complexity index is 512. The summed E-state index contributed by atoms with van der Waals surface area (Å²) in [6.07, 6.45) is 2.53. The fraction of sp³-hybridized carbons (Fsp3) is 0.385. The third-order valence-corrected chi connectivity index (χ3v) is 3.76. The number of likely N-dealkylation sites (tertiary alicyclic amines) is 1. The molecule has 1 heterocycles. The zero-order valence-corrected chi connectivity index (χ0v) is 11.3. The van der Waals surface area contributed by atoms with Crippen molar-refractivity contribution in [2.24, 2.45) is 0 Å². The van der Waals surface area contributed by atoms with Crippen molar-refractivity contribution in [2.75, 3.05) is 6.54 Å². The van der Waals surface area contributed by atoms with Crippen LogP contribution in [0.25, 0.3) is 0 Å². The van der Waals surface area contributed by atoms with Crippen LogP contribution in [0.4, 0.5) is 4.39 Å². The number of nitriles is 1. The Kier molecular flexibility index (Phi) is 3.97. The summed E-state index contributed by atoms with van der Waals surface area (Å²) in [5.41, 5.74) is 0.275. The summed E-state index contributed by atoms with van der Waals surface area (Å²) in [6.45, 7) is 0.556. The van der Waals surface area contributed by atoms with Crippen LogP contribution < -0.4 is 0 Å². The third kappa shape index (κ3) is 2.54. The lowest BCUT2D eigenvalue weighted by Gasteiger charge is -2.31. The van der Waals surface area contributed by atoms with Gasteiger partial charge in [-0.1, -0.05) is 0 Å². The number of rotatable bonds is 1. The lowest BCUT2D eigenvalue weighted by Crippen LogP contribution is -2.43. The molecule has 0 saturated carbocycles. The van der Waals surface area contributed by atoms with Gasteiger partial charge in [-0.25, -0.2) is 4.39 Å². The molecule has 2 rings (SSSR count). The molecule has 1 aliphatic heterocycles. The maximum Gasteiger partial charge on any atom is 0.256 e. The monoisotopic (exact) mass is 310 g/mol. The zero-order valence-electron chi connectivity index (χ0n) is 9.70.